The van der Waals surface area contributed by atoms with E-state index in [9.17, 15) is 4.79 Å². The van der Waals surface area contributed by atoms with E-state index in [1.807, 2.05) is 53.4 Å². The largest absolute Gasteiger partial charge is 0.300 e. The van der Waals surface area contributed by atoms with E-state index in [-0.39, 0.29) is 11.9 Å². The minimum atomic E-state index is 0.0957. The van der Waals surface area contributed by atoms with Gasteiger partial charge < -0.3 is 0 Å². The highest BCUT2D eigenvalue weighted by Crippen LogP contribution is 2.44. The van der Waals surface area contributed by atoms with Crippen molar-refractivity contribution < 1.29 is 4.79 Å². The van der Waals surface area contributed by atoms with Gasteiger partial charge in [0.1, 0.15) is 0 Å². The first-order valence-corrected chi connectivity index (χ1v) is 7.69. The molecule has 2 aromatic carbocycles. The highest BCUT2D eigenvalue weighted by molar-refractivity contribution is 7.98. The van der Waals surface area contributed by atoms with Gasteiger partial charge in [0.15, 0.2) is 0 Å². The van der Waals surface area contributed by atoms with Gasteiger partial charge in [-0.1, -0.05) is 36.4 Å². The average molecular weight is 269 g/mol. The van der Waals surface area contributed by atoms with Crippen LogP contribution in [-0.4, -0.2) is 17.9 Å². The third-order valence-corrected chi connectivity index (χ3v) is 4.08. The molecule has 0 aromatic heterocycles. The smallest absolute Gasteiger partial charge is 0.258 e. The van der Waals surface area contributed by atoms with Crippen LogP contribution in [0.5, 0.6) is 0 Å². The van der Waals surface area contributed by atoms with Gasteiger partial charge in [-0.2, -0.15) is 11.8 Å². The van der Waals surface area contributed by atoms with Crippen LogP contribution >= 0.6 is 11.8 Å². The molecule has 0 aliphatic carbocycles. The lowest BCUT2D eigenvalue weighted by molar-refractivity contribution is 0.0971. The van der Waals surface area contributed by atoms with Crippen molar-refractivity contribution in [3.8, 4) is 0 Å². The second-order valence-electron chi connectivity index (χ2n) is 4.57. The molecule has 1 aliphatic rings. The Kier molecular flexibility index (Phi) is 3.30. The number of para-hydroxylation sites is 1. The first-order chi connectivity index (χ1) is 9.33. The van der Waals surface area contributed by atoms with E-state index in [0.717, 1.165) is 17.0 Å². The predicted molar refractivity (Wildman–Crippen MR) is 80.8 cm³/mol. The number of carbonyl (C=O) groups is 1. The zero-order chi connectivity index (χ0) is 13.2. The number of hydrogen-bond donors (Lipinski definition) is 0. The summed E-state index contributed by atoms with van der Waals surface area (Å²) in [5.74, 6) is 1.04. The van der Waals surface area contributed by atoms with Crippen LogP contribution in [0.2, 0.25) is 0 Å². The maximum atomic E-state index is 12.6. The first kappa shape index (κ1) is 12.3. The summed E-state index contributed by atoms with van der Waals surface area (Å²) in [6.45, 7) is 0. The topological polar surface area (TPSA) is 20.3 Å². The second kappa shape index (κ2) is 5.10. The third kappa shape index (κ3) is 2.04. The number of rotatable bonds is 3. The number of amides is 1. The second-order valence-corrected chi connectivity index (χ2v) is 5.48. The van der Waals surface area contributed by atoms with Crippen molar-refractivity contribution in [3.63, 3.8) is 0 Å². The van der Waals surface area contributed by atoms with Crippen LogP contribution < -0.4 is 4.90 Å². The van der Waals surface area contributed by atoms with Crippen LogP contribution in [0.25, 0.3) is 0 Å². The number of benzene rings is 2. The zero-order valence-corrected chi connectivity index (χ0v) is 11.6. The Hall–Kier alpha value is -1.74. The minimum absolute atomic E-state index is 0.0957. The maximum absolute atomic E-state index is 12.6. The molecule has 0 spiro atoms. The Labute approximate surface area is 117 Å². The van der Waals surface area contributed by atoms with Crippen molar-refractivity contribution in [1.29, 1.82) is 0 Å². The van der Waals surface area contributed by atoms with Gasteiger partial charge in [0.2, 0.25) is 0 Å². The Morgan fingerprint density at radius 1 is 1.11 bits per heavy atom. The zero-order valence-electron chi connectivity index (χ0n) is 10.7. The Balaban J connectivity index is 1.94. The fourth-order valence-electron chi connectivity index (χ4n) is 2.52. The van der Waals surface area contributed by atoms with E-state index in [0.29, 0.717) is 0 Å². The average Bonchev–Trinajstić information content (AvgIpc) is 2.46. The molecule has 0 N–H and O–H groups in total. The van der Waals surface area contributed by atoms with Gasteiger partial charge in [0.25, 0.3) is 5.91 Å². The summed E-state index contributed by atoms with van der Waals surface area (Å²) in [5, 5.41) is 0. The van der Waals surface area contributed by atoms with E-state index in [1.165, 1.54) is 5.56 Å². The van der Waals surface area contributed by atoms with Crippen molar-refractivity contribution >= 4 is 23.4 Å². The summed E-state index contributed by atoms with van der Waals surface area (Å²) >= 11 is 1.77. The lowest BCUT2D eigenvalue weighted by Gasteiger charge is -2.42. The quantitative estimate of drug-likeness (QED) is 0.845. The molecule has 2 nitrogen and oxygen atoms in total. The van der Waals surface area contributed by atoms with Crippen molar-refractivity contribution in [1.82, 2.24) is 0 Å². The van der Waals surface area contributed by atoms with E-state index < -0.39 is 0 Å². The Bertz CT molecular complexity index is 597. The molecule has 19 heavy (non-hydrogen) atoms. The molecule has 1 amide bonds. The van der Waals surface area contributed by atoms with Crippen molar-refractivity contribution in [2.45, 2.75) is 6.04 Å². The van der Waals surface area contributed by atoms with Crippen LogP contribution in [0.15, 0.2) is 54.6 Å². The predicted octanol–water partition coefficient (Wildman–Crippen LogP) is 3.75. The normalized spacial score (nSPS) is 16.7. The molecule has 3 rings (SSSR count). The standard InChI is InChI=1S/C16H15NOS/c1-19-11-15-13-9-5-6-10-14(13)17(15)16(18)12-7-3-2-4-8-12/h2-10,15H,11H2,1H3. The molecule has 0 saturated heterocycles. The van der Waals surface area contributed by atoms with Crippen molar-refractivity contribution in [2.24, 2.45) is 0 Å². The summed E-state index contributed by atoms with van der Waals surface area (Å²) in [4.78, 5) is 14.5. The summed E-state index contributed by atoms with van der Waals surface area (Å²) in [7, 11) is 0. The van der Waals surface area contributed by atoms with Crippen molar-refractivity contribution in [2.75, 3.05) is 16.9 Å². The van der Waals surface area contributed by atoms with Gasteiger partial charge in [0, 0.05) is 11.3 Å². The molecular weight excluding hydrogens is 254 g/mol. The Morgan fingerprint density at radius 2 is 1.79 bits per heavy atom. The van der Waals surface area contributed by atoms with Gasteiger partial charge in [-0.05, 0) is 30.0 Å². The van der Waals surface area contributed by atoms with Crippen LogP contribution in [0.4, 0.5) is 5.69 Å². The van der Waals surface area contributed by atoms with Gasteiger partial charge in [0.05, 0.1) is 11.7 Å². The molecule has 96 valence electrons. The Morgan fingerprint density at radius 3 is 2.53 bits per heavy atom. The number of thioether (sulfide) groups is 1. The number of hydrogen-bond acceptors (Lipinski definition) is 2. The van der Waals surface area contributed by atoms with Crippen LogP contribution in [0.1, 0.15) is 22.0 Å². The molecule has 0 saturated carbocycles. The van der Waals surface area contributed by atoms with Gasteiger partial charge in [-0.3, -0.25) is 9.69 Å². The van der Waals surface area contributed by atoms with Gasteiger partial charge in [-0.15, -0.1) is 0 Å². The first-order valence-electron chi connectivity index (χ1n) is 6.29. The maximum Gasteiger partial charge on any atom is 0.258 e. The summed E-state index contributed by atoms with van der Waals surface area (Å²) < 4.78 is 0. The van der Waals surface area contributed by atoms with E-state index >= 15 is 0 Å². The van der Waals surface area contributed by atoms with Gasteiger partial charge in [-0.25, -0.2) is 0 Å². The van der Waals surface area contributed by atoms with Crippen LogP contribution in [0, 0.1) is 0 Å². The summed E-state index contributed by atoms with van der Waals surface area (Å²) in [6.07, 6.45) is 2.08. The van der Waals surface area contributed by atoms with Crippen molar-refractivity contribution in [3.05, 3.63) is 65.7 Å². The molecule has 0 radical (unpaired) electrons. The SMILES string of the molecule is CSCC1c2ccccc2N1C(=O)c1ccccc1. The number of carbonyl (C=O) groups excluding carboxylic acids is 1. The monoisotopic (exact) mass is 269 g/mol. The number of nitrogens with zero attached hydrogens (tertiary/aromatic N) is 1. The molecule has 3 heteroatoms. The number of anilines is 1. The van der Waals surface area contributed by atoms with Gasteiger partial charge >= 0.3 is 0 Å². The molecule has 1 heterocycles. The fraction of sp³-hybridized carbons (Fsp3) is 0.188. The van der Waals surface area contributed by atoms with E-state index in [4.69, 9.17) is 0 Å². The molecule has 1 unspecified atom stereocenters. The summed E-state index contributed by atoms with van der Waals surface area (Å²) in [6, 6.07) is 17.9. The lowest BCUT2D eigenvalue weighted by atomic mass is 9.93. The molecule has 0 bridgehead atoms. The van der Waals surface area contributed by atoms with Crippen LogP contribution in [-0.2, 0) is 0 Å². The lowest BCUT2D eigenvalue weighted by Crippen LogP contribution is -2.44. The molecule has 1 atom stereocenters. The van der Waals surface area contributed by atoms with Crippen LogP contribution in [0.3, 0.4) is 0 Å². The third-order valence-electron chi connectivity index (χ3n) is 3.43. The summed E-state index contributed by atoms with van der Waals surface area (Å²) in [5.41, 5.74) is 3.08. The molecule has 2 aromatic rings. The molecule has 0 fully saturated rings. The molecular formula is C16H15NOS. The van der Waals surface area contributed by atoms with E-state index in [2.05, 4.69) is 12.3 Å². The van der Waals surface area contributed by atoms with E-state index in [1.54, 1.807) is 11.8 Å². The minimum Gasteiger partial charge on any atom is -0.300 e. The fourth-order valence-corrected chi connectivity index (χ4v) is 3.17. The highest BCUT2D eigenvalue weighted by Gasteiger charge is 2.38. The molecule has 1 aliphatic heterocycles. The highest BCUT2D eigenvalue weighted by atomic mass is 32.2. The number of fused-ring (bicyclic) bond motifs is 1.